The van der Waals surface area contributed by atoms with Crippen molar-refractivity contribution in [1.82, 2.24) is 4.90 Å². The lowest BCUT2D eigenvalue weighted by atomic mass is 9.93. The van der Waals surface area contributed by atoms with E-state index in [9.17, 15) is 28.2 Å². The SMILES string of the molecule is NC1(C(=O)c2ccccc2)N=CN=C2C1=NCN2[C@@H]1O[C@H](CO)[C@@H](O)[C@H]1OC(F)(F)F. The Morgan fingerprint density at radius 1 is 1.35 bits per heavy atom. The number of carbonyl (C=O) groups is 1. The maximum atomic E-state index is 13.0. The summed E-state index contributed by atoms with van der Waals surface area (Å²) in [6.45, 7) is -1.01. The van der Waals surface area contributed by atoms with Crippen molar-refractivity contribution in [2.24, 2.45) is 20.7 Å². The highest BCUT2D eigenvalue weighted by Gasteiger charge is 2.55. The average molecular weight is 441 g/mol. The first-order valence-corrected chi connectivity index (χ1v) is 9.17. The van der Waals surface area contributed by atoms with Gasteiger partial charge in [0.2, 0.25) is 11.4 Å². The lowest BCUT2D eigenvalue weighted by Crippen LogP contribution is -2.59. The second kappa shape index (κ2) is 7.76. The Hall–Kier alpha value is -2.71. The standard InChI is InChI=1S/C18H18F3N5O5/c19-18(20,21)31-12-11(28)10(6-27)30-16(12)26-8-24-13-15(26)23-7-25-17(13,22)14(29)9-4-2-1-3-5-9/h1-5,7,10-12,16,27-28H,6,8,22H2/t10-,11-,12-,16-,17?/m1/s1. The normalized spacial score (nSPS) is 32.6. The molecule has 1 unspecified atom stereocenters. The summed E-state index contributed by atoms with van der Waals surface area (Å²) >= 11 is 0. The molecule has 0 aromatic heterocycles. The van der Waals surface area contributed by atoms with Crippen LogP contribution in [0.15, 0.2) is 45.3 Å². The highest BCUT2D eigenvalue weighted by atomic mass is 19.4. The number of amidine groups is 1. The number of ether oxygens (including phenoxy) is 2. The van der Waals surface area contributed by atoms with Gasteiger partial charge in [-0.15, -0.1) is 13.2 Å². The van der Waals surface area contributed by atoms with E-state index in [1.54, 1.807) is 30.3 Å². The highest BCUT2D eigenvalue weighted by Crippen LogP contribution is 2.34. The molecule has 0 amide bonds. The fraction of sp³-hybridized carbons (Fsp3) is 0.444. The minimum Gasteiger partial charge on any atom is -0.394 e. The summed E-state index contributed by atoms with van der Waals surface area (Å²) in [7, 11) is 0. The number of rotatable bonds is 5. The average Bonchev–Trinajstić information content (AvgIpc) is 3.29. The van der Waals surface area contributed by atoms with Crippen molar-refractivity contribution in [3.05, 3.63) is 35.9 Å². The molecular weight excluding hydrogens is 423 g/mol. The van der Waals surface area contributed by atoms with Crippen molar-refractivity contribution in [3.63, 3.8) is 0 Å². The molecule has 3 aliphatic rings. The predicted molar refractivity (Wildman–Crippen MR) is 100 cm³/mol. The first kappa shape index (κ1) is 21.5. The summed E-state index contributed by atoms with van der Waals surface area (Å²) in [5.41, 5.74) is 4.53. The molecule has 0 saturated carbocycles. The van der Waals surface area contributed by atoms with Crippen molar-refractivity contribution in [1.29, 1.82) is 0 Å². The highest BCUT2D eigenvalue weighted by molar-refractivity contribution is 6.52. The maximum Gasteiger partial charge on any atom is 0.523 e. The zero-order valence-electron chi connectivity index (χ0n) is 15.8. The number of nitrogens with two attached hydrogens (primary N) is 1. The van der Waals surface area contributed by atoms with Gasteiger partial charge in [-0.2, -0.15) is 0 Å². The van der Waals surface area contributed by atoms with Crippen LogP contribution in [0.2, 0.25) is 0 Å². The van der Waals surface area contributed by atoms with Crippen LogP contribution in [0.25, 0.3) is 0 Å². The van der Waals surface area contributed by atoms with Crippen LogP contribution < -0.4 is 5.73 Å². The third-order valence-corrected chi connectivity index (χ3v) is 5.12. The van der Waals surface area contributed by atoms with Gasteiger partial charge in [0.05, 0.1) is 6.61 Å². The summed E-state index contributed by atoms with van der Waals surface area (Å²) in [6, 6.07) is 8.08. The molecule has 10 nitrogen and oxygen atoms in total. The van der Waals surface area contributed by atoms with Crippen molar-refractivity contribution in [2.75, 3.05) is 13.3 Å². The summed E-state index contributed by atoms with van der Waals surface area (Å²) in [5, 5.41) is 19.5. The molecule has 166 valence electrons. The number of benzene rings is 1. The van der Waals surface area contributed by atoms with Gasteiger partial charge in [-0.3, -0.25) is 20.3 Å². The summed E-state index contributed by atoms with van der Waals surface area (Å²) in [6.07, 6.45) is -10.6. The van der Waals surface area contributed by atoms with E-state index in [1.807, 2.05) is 0 Å². The van der Waals surface area contributed by atoms with Crippen LogP contribution in [0.3, 0.4) is 0 Å². The van der Waals surface area contributed by atoms with E-state index in [0.717, 1.165) is 6.34 Å². The minimum atomic E-state index is -5.07. The van der Waals surface area contributed by atoms with Gasteiger partial charge in [0, 0.05) is 5.56 Å². The lowest BCUT2D eigenvalue weighted by Gasteiger charge is -2.33. The predicted octanol–water partition coefficient (Wildman–Crippen LogP) is -0.338. The minimum absolute atomic E-state index is 0.0339. The molecule has 3 aliphatic heterocycles. The van der Waals surface area contributed by atoms with Crippen LogP contribution >= 0.6 is 0 Å². The second-order valence-electron chi connectivity index (χ2n) is 7.04. The molecule has 1 aromatic carbocycles. The summed E-state index contributed by atoms with van der Waals surface area (Å²) < 4.78 is 48.2. The van der Waals surface area contributed by atoms with E-state index in [2.05, 4.69) is 19.7 Å². The second-order valence-corrected chi connectivity index (χ2v) is 7.04. The Morgan fingerprint density at radius 3 is 2.71 bits per heavy atom. The number of fused-ring (bicyclic) bond motifs is 1. The third kappa shape index (κ3) is 3.74. The topological polar surface area (TPSA) is 142 Å². The van der Waals surface area contributed by atoms with Crippen molar-refractivity contribution < 1.29 is 37.7 Å². The summed E-state index contributed by atoms with van der Waals surface area (Å²) in [5.74, 6) is -0.616. The molecule has 4 N–H and O–H groups in total. The molecule has 0 bridgehead atoms. The molecule has 1 saturated heterocycles. The smallest absolute Gasteiger partial charge is 0.394 e. The first-order chi connectivity index (χ1) is 14.7. The molecule has 0 spiro atoms. The Balaban J connectivity index is 1.63. The van der Waals surface area contributed by atoms with Crippen LogP contribution in [0, 0.1) is 0 Å². The molecule has 5 atom stereocenters. The van der Waals surface area contributed by atoms with E-state index >= 15 is 0 Å². The van der Waals surface area contributed by atoms with Gasteiger partial charge in [-0.25, -0.2) is 9.98 Å². The molecule has 31 heavy (non-hydrogen) atoms. The fourth-order valence-electron chi connectivity index (χ4n) is 3.66. The van der Waals surface area contributed by atoms with Gasteiger partial charge >= 0.3 is 6.36 Å². The van der Waals surface area contributed by atoms with Gasteiger partial charge in [-0.1, -0.05) is 30.3 Å². The molecule has 4 rings (SSSR count). The monoisotopic (exact) mass is 441 g/mol. The van der Waals surface area contributed by atoms with Crippen LogP contribution in [-0.2, 0) is 9.47 Å². The number of alkyl halides is 3. The van der Waals surface area contributed by atoms with E-state index in [1.165, 1.54) is 4.90 Å². The molecule has 1 fully saturated rings. The molecule has 1 aromatic rings. The van der Waals surface area contributed by atoms with Crippen molar-refractivity contribution >= 4 is 23.7 Å². The van der Waals surface area contributed by atoms with Gasteiger partial charge in [0.15, 0.2) is 12.1 Å². The van der Waals surface area contributed by atoms with Crippen LogP contribution in [0.1, 0.15) is 10.4 Å². The van der Waals surface area contributed by atoms with E-state index in [0.29, 0.717) is 0 Å². The van der Waals surface area contributed by atoms with Crippen LogP contribution in [0.4, 0.5) is 13.2 Å². The zero-order chi connectivity index (χ0) is 22.4. The summed E-state index contributed by atoms with van der Waals surface area (Å²) in [4.78, 5) is 26.4. The zero-order valence-corrected chi connectivity index (χ0v) is 15.8. The van der Waals surface area contributed by atoms with E-state index in [-0.39, 0.29) is 23.8 Å². The fourth-order valence-corrected chi connectivity index (χ4v) is 3.66. The third-order valence-electron chi connectivity index (χ3n) is 5.12. The number of aliphatic imine (C=N–C) groups is 3. The number of carbonyl (C=O) groups excluding carboxylic acids is 1. The lowest BCUT2D eigenvalue weighted by molar-refractivity contribution is -0.355. The van der Waals surface area contributed by atoms with Crippen LogP contribution in [0.5, 0.6) is 0 Å². The van der Waals surface area contributed by atoms with Crippen molar-refractivity contribution in [3.8, 4) is 0 Å². The number of halogens is 3. The quantitative estimate of drug-likeness (QED) is 0.531. The number of hydrogen-bond acceptors (Lipinski definition) is 10. The molecular formula is C18H18F3N5O5. The van der Waals surface area contributed by atoms with Gasteiger partial charge in [0.25, 0.3) is 0 Å². The molecule has 0 radical (unpaired) electrons. The largest absolute Gasteiger partial charge is 0.523 e. The Morgan fingerprint density at radius 2 is 2.06 bits per heavy atom. The number of ketones is 1. The number of nitrogens with zero attached hydrogens (tertiary/aromatic N) is 4. The van der Waals surface area contributed by atoms with Gasteiger partial charge in [0.1, 0.15) is 37.0 Å². The first-order valence-electron chi connectivity index (χ1n) is 9.17. The number of aliphatic hydroxyl groups is 2. The van der Waals surface area contributed by atoms with E-state index in [4.69, 9.17) is 10.5 Å². The number of Topliss-reactive ketones (excluding diaryl/α,β-unsaturated/α-hetero) is 1. The van der Waals surface area contributed by atoms with Crippen molar-refractivity contribution in [2.45, 2.75) is 36.6 Å². The number of aliphatic hydroxyl groups excluding tert-OH is 2. The Bertz CT molecular complexity index is 954. The van der Waals surface area contributed by atoms with E-state index < -0.39 is 49.0 Å². The Labute approximate surface area is 173 Å². The van der Waals surface area contributed by atoms with Gasteiger partial charge in [-0.05, 0) is 0 Å². The Kier molecular flexibility index (Phi) is 5.39. The molecule has 13 heteroatoms. The maximum absolute atomic E-state index is 13.0. The number of hydrogen-bond donors (Lipinski definition) is 3. The molecule has 3 heterocycles. The van der Waals surface area contributed by atoms with Crippen LogP contribution in [-0.4, -0.2) is 88.6 Å². The molecule has 0 aliphatic carbocycles. The van der Waals surface area contributed by atoms with Gasteiger partial charge < -0.3 is 19.8 Å².